The largest absolute Gasteiger partial charge is 0.481 e. The monoisotopic (exact) mass is 239 g/mol. The quantitative estimate of drug-likeness (QED) is 0.818. The molecule has 6 heteroatoms. The molecule has 0 radical (unpaired) electrons. The number of nitrogens with one attached hydrogen (secondary N) is 1. The average Bonchev–Trinajstić information content (AvgIpc) is 2.73. The van der Waals surface area contributed by atoms with Gasteiger partial charge in [-0.3, -0.25) is 4.79 Å². The standard InChI is InChI=1S/C11H17N3O3/c1-7-13-10(17-14-7)6-12-9-4-2-3-8(5-9)11(15)16/h8-9,12H,2-6H2,1H3,(H,15,16). The Morgan fingerprint density at radius 2 is 2.41 bits per heavy atom. The number of nitrogens with zero attached hydrogens (tertiary/aromatic N) is 2. The lowest BCUT2D eigenvalue weighted by Gasteiger charge is -2.26. The van der Waals surface area contributed by atoms with E-state index in [4.69, 9.17) is 9.63 Å². The van der Waals surface area contributed by atoms with Gasteiger partial charge < -0.3 is 14.9 Å². The number of hydrogen-bond acceptors (Lipinski definition) is 5. The highest BCUT2D eigenvalue weighted by atomic mass is 16.5. The third-order valence-electron chi connectivity index (χ3n) is 3.14. The van der Waals surface area contributed by atoms with Crippen molar-refractivity contribution in [3.8, 4) is 0 Å². The minimum absolute atomic E-state index is 0.217. The Bertz CT molecular complexity index is 391. The lowest BCUT2D eigenvalue weighted by atomic mass is 9.86. The lowest BCUT2D eigenvalue weighted by Crippen LogP contribution is -2.36. The first-order valence-corrected chi connectivity index (χ1v) is 5.90. The molecule has 1 aromatic rings. The van der Waals surface area contributed by atoms with E-state index in [0.717, 1.165) is 19.3 Å². The molecular formula is C11H17N3O3. The predicted molar refractivity (Wildman–Crippen MR) is 59.3 cm³/mol. The van der Waals surface area contributed by atoms with Crippen molar-refractivity contribution < 1.29 is 14.4 Å². The fourth-order valence-corrected chi connectivity index (χ4v) is 2.24. The number of hydrogen-bond donors (Lipinski definition) is 2. The first kappa shape index (κ1) is 12.0. The molecule has 2 unspecified atom stereocenters. The maximum atomic E-state index is 10.9. The molecule has 94 valence electrons. The topological polar surface area (TPSA) is 88.2 Å². The van der Waals surface area contributed by atoms with Crippen molar-refractivity contribution >= 4 is 5.97 Å². The third kappa shape index (κ3) is 3.26. The van der Waals surface area contributed by atoms with Gasteiger partial charge in [0.15, 0.2) is 5.82 Å². The van der Waals surface area contributed by atoms with E-state index in [9.17, 15) is 4.79 Å². The molecule has 2 N–H and O–H groups in total. The molecular weight excluding hydrogens is 222 g/mol. The van der Waals surface area contributed by atoms with Crippen LogP contribution in [0.5, 0.6) is 0 Å². The summed E-state index contributed by atoms with van der Waals surface area (Å²) in [5.74, 6) is 0.268. The maximum Gasteiger partial charge on any atom is 0.306 e. The summed E-state index contributed by atoms with van der Waals surface area (Å²) in [6, 6.07) is 0.233. The zero-order valence-electron chi connectivity index (χ0n) is 9.85. The van der Waals surface area contributed by atoms with Gasteiger partial charge in [0, 0.05) is 6.04 Å². The van der Waals surface area contributed by atoms with Crippen LogP contribution in [-0.4, -0.2) is 27.3 Å². The second-order valence-corrected chi connectivity index (χ2v) is 4.51. The number of carboxylic acid groups (broad SMARTS) is 1. The van der Waals surface area contributed by atoms with Gasteiger partial charge in [-0.1, -0.05) is 11.6 Å². The van der Waals surface area contributed by atoms with Gasteiger partial charge in [0.05, 0.1) is 12.5 Å². The third-order valence-corrected chi connectivity index (χ3v) is 3.14. The Labute approximate surface area is 99.4 Å². The van der Waals surface area contributed by atoms with Gasteiger partial charge in [-0.05, 0) is 26.2 Å². The predicted octanol–water partition coefficient (Wildman–Crippen LogP) is 1.11. The molecule has 0 saturated heterocycles. The number of aliphatic carboxylic acids is 1. The Hall–Kier alpha value is -1.43. The van der Waals surface area contributed by atoms with E-state index in [0.29, 0.717) is 24.7 Å². The molecule has 2 rings (SSSR count). The molecule has 0 spiro atoms. The number of carbonyl (C=O) groups is 1. The minimum atomic E-state index is -0.690. The number of aromatic nitrogens is 2. The second-order valence-electron chi connectivity index (χ2n) is 4.51. The van der Waals surface area contributed by atoms with Crippen LogP contribution in [0.3, 0.4) is 0 Å². The highest BCUT2D eigenvalue weighted by Gasteiger charge is 2.26. The van der Waals surface area contributed by atoms with Gasteiger partial charge >= 0.3 is 5.97 Å². The first-order chi connectivity index (χ1) is 8.15. The molecule has 1 heterocycles. The molecule has 0 aromatic carbocycles. The van der Waals surface area contributed by atoms with Crippen LogP contribution in [-0.2, 0) is 11.3 Å². The summed E-state index contributed by atoms with van der Waals surface area (Å²) < 4.78 is 4.99. The lowest BCUT2D eigenvalue weighted by molar-refractivity contribution is -0.143. The summed E-state index contributed by atoms with van der Waals surface area (Å²) in [5, 5.41) is 16.0. The van der Waals surface area contributed by atoms with E-state index in [-0.39, 0.29) is 12.0 Å². The fourth-order valence-electron chi connectivity index (χ4n) is 2.24. The van der Waals surface area contributed by atoms with Crippen molar-refractivity contribution in [2.75, 3.05) is 0 Å². The Balaban J connectivity index is 1.81. The van der Waals surface area contributed by atoms with E-state index in [1.807, 2.05) is 0 Å². The van der Waals surface area contributed by atoms with Gasteiger partial charge in [0.2, 0.25) is 5.89 Å². The Morgan fingerprint density at radius 1 is 1.59 bits per heavy atom. The zero-order valence-corrected chi connectivity index (χ0v) is 9.85. The zero-order chi connectivity index (χ0) is 12.3. The van der Waals surface area contributed by atoms with Gasteiger partial charge in [-0.15, -0.1) is 0 Å². The molecule has 1 aliphatic carbocycles. The Morgan fingerprint density at radius 3 is 3.06 bits per heavy atom. The number of carboxylic acids is 1. The van der Waals surface area contributed by atoms with Crippen molar-refractivity contribution in [3.63, 3.8) is 0 Å². The van der Waals surface area contributed by atoms with Gasteiger partial charge in [0.1, 0.15) is 0 Å². The second kappa shape index (κ2) is 5.27. The molecule has 1 aromatic heterocycles. The summed E-state index contributed by atoms with van der Waals surface area (Å²) in [4.78, 5) is 15.0. The summed E-state index contributed by atoms with van der Waals surface area (Å²) in [6.45, 7) is 2.28. The molecule has 0 aliphatic heterocycles. The smallest absolute Gasteiger partial charge is 0.306 e. The minimum Gasteiger partial charge on any atom is -0.481 e. The van der Waals surface area contributed by atoms with E-state index < -0.39 is 5.97 Å². The fraction of sp³-hybridized carbons (Fsp3) is 0.727. The molecule has 1 fully saturated rings. The first-order valence-electron chi connectivity index (χ1n) is 5.90. The van der Waals surface area contributed by atoms with Crippen LogP contribution in [0.1, 0.15) is 37.4 Å². The number of rotatable bonds is 4. The molecule has 0 bridgehead atoms. The van der Waals surface area contributed by atoms with Crippen LogP contribution in [0.4, 0.5) is 0 Å². The normalized spacial score (nSPS) is 24.8. The molecule has 0 amide bonds. The van der Waals surface area contributed by atoms with Crippen molar-refractivity contribution in [2.45, 2.75) is 45.2 Å². The van der Waals surface area contributed by atoms with Gasteiger partial charge in [-0.25, -0.2) is 0 Å². The summed E-state index contributed by atoms with van der Waals surface area (Å²) in [7, 11) is 0. The average molecular weight is 239 g/mol. The van der Waals surface area contributed by atoms with Crippen molar-refractivity contribution in [2.24, 2.45) is 5.92 Å². The van der Waals surface area contributed by atoms with Crippen molar-refractivity contribution in [1.82, 2.24) is 15.5 Å². The van der Waals surface area contributed by atoms with Crippen molar-refractivity contribution in [3.05, 3.63) is 11.7 Å². The highest BCUT2D eigenvalue weighted by molar-refractivity contribution is 5.70. The SMILES string of the molecule is Cc1noc(CNC2CCCC(C(=O)O)C2)n1. The highest BCUT2D eigenvalue weighted by Crippen LogP contribution is 2.24. The van der Waals surface area contributed by atoms with E-state index in [2.05, 4.69) is 15.5 Å². The van der Waals surface area contributed by atoms with Gasteiger partial charge in [0.25, 0.3) is 0 Å². The summed E-state index contributed by atoms with van der Waals surface area (Å²) in [5.41, 5.74) is 0. The van der Waals surface area contributed by atoms with Crippen LogP contribution in [0.25, 0.3) is 0 Å². The van der Waals surface area contributed by atoms with Crippen LogP contribution in [0.2, 0.25) is 0 Å². The molecule has 1 saturated carbocycles. The molecule has 1 aliphatic rings. The van der Waals surface area contributed by atoms with Crippen LogP contribution in [0.15, 0.2) is 4.52 Å². The molecule has 17 heavy (non-hydrogen) atoms. The van der Waals surface area contributed by atoms with E-state index in [1.165, 1.54) is 0 Å². The van der Waals surface area contributed by atoms with E-state index >= 15 is 0 Å². The van der Waals surface area contributed by atoms with Crippen LogP contribution >= 0.6 is 0 Å². The van der Waals surface area contributed by atoms with Crippen molar-refractivity contribution in [1.29, 1.82) is 0 Å². The molecule has 2 atom stereocenters. The summed E-state index contributed by atoms with van der Waals surface area (Å²) in [6.07, 6.45) is 3.43. The van der Waals surface area contributed by atoms with E-state index in [1.54, 1.807) is 6.92 Å². The number of aryl methyl sites for hydroxylation is 1. The van der Waals surface area contributed by atoms with Crippen LogP contribution < -0.4 is 5.32 Å². The Kier molecular flexibility index (Phi) is 3.73. The van der Waals surface area contributed by atoms with Crippen LogP contribution in [0, 0.1) is 12.8 Å². The van der Waals surface area contributed by atoms with Gasteiger partial charge in [-0.2, -0.15) is 4.98 Å². The molecule has 6 nitrogen and oxygen atoms in total. The summed E-state index contributed by atoms with van der Waals surface area (Å²) >= 11 is 0. The maximum absolute atomic E-state index is 10.9.